The van der Waals surface area contributed by atoms with E-state index in [1.54, 1.807) is 6.07 Å². The quantitative estimate of drug-likeness (QED) is 0.594. The number of nitrogens with two attached hydrogens (primary N) is 1. The van der Waals surface area contributed by atoms with Crippen LogP contribution in [0, 0.1) is 0 Å². The van der Waals surface area contributed by atoms with E-state index in [2.05, 4.69) is 0 Å². The van der Waals surface area contributed by atoms with Crippen molar-refractivity contribution in [1.29, 1.82) is 0 Å². The molecule has 1 atom stereocenters. The standard InChI is InChI=1S/C22H20N2O5S2/c1-14-11-16-12-17(31(23,27)28)7-8-19(16)24(14)20(25)13-29-22(26)21-18(9-10-30-21)15-5-3-2-4-6-15/h2-10,12,14H,11,13H2,1H3,(H2,23,27,28). The maximum absolute atomic E-state index is 12.8. The summed E-state index contributed by atoms with van der Waals surface area (Å²) >= 11 is 1.26. The molecule has 31 heavy (non-hydrogen) atoms. The number of amides is 1. The fourth-order valence-electron chi connectivity index (χ4n) is 3.74. The first-order valence-corrected chi connectivity index (χ1v) is 12.0. The highest BCUT2D eigenvalue weighted by Crippen LogP contribution is 2.34. The third kappa shape index (κ3) is 4.25. The number of primary sulfonamides is 1. The van der Waals surface area contributed by atoms with Crippen molar-refractivity contribution in [3.05, 3.63) is 70.4 Å². The Kier molecular flexibility index (Phi) is 5.65. The number of thiophene rings is 1. The van der Waals surface area contributed by atoms with Crippen molar-refractivity contribution in [3.63, 3.8) is 0 Å². The van der Waals surface area contributed by atoms with Gasteiger partial charge < -0.3 is 9.64 Å². The second kappa shape index (κ2) is 8.26. The molecular formula is C22H20N2O5S2. The van der Waals surface area contributed by atoms with E-state index in [0.29, 0.717) is 22.5 Å². The lowest BCUT2D eigenvalue weighted by molar-refractivity contribution is -0.122. The number of nitrogens with zero attached hydrogens (tertiary/aromatic N) is 1. The van der Waals surface area contributed by atoms with Gasteiger partial charge >= 0.3 is 5.97 Å². The van der Waals surface area contributed by atoms with E-state index in [4.69, 9.17) is 9.88 Å². The van der Waals surface area contributed by atoms with E-state index in [9.17, 15) is 18.0 Å². The minimum atomic E-state index is -3.82. The molecule has 2 aromatic carbocycles. The fraction of sp³-hybridized carbons (Fsp3) is 0.182. The highest BCUT2D eigenvalue weighted by atomic mass is 32.2. The van der Waals surface area contributed by atoms with Crippen molar-refractivity contribution < 1.29 is 22.7 Å². The monoisotopic (exact) mass is 456 g/mol. The number of fused-ring (bicyclic) bond motifs is 1. The van der Waals surface area contributed by atoms with Gasteiger partial charge in [0.2, 0.25) is 10.0 Å². The van der Waals surface area contributed by atoms with Crippen LogP contribution in [-0.4, -0.2) is 32.9 Å². The van der Waals surface area contributed by atoms with Crippen LogP contribution in [0.3, 0.4) is 0 Å². The van der Waals surface area contributed by atoms with Gasteiger partial charge in [-0.05, 0) is 54.1 Å². The maximum atomic E-state index is 12.8. The zero-order chi connectivity index (χ0) is 22.2. The number of ether oxygens (including phenoxy) is 1. The van der Waals surface area contributed by atoms with Gasteiger partial charge in [-0.25, -0.2) is 18.4 Å². The fourth-order valence-corrected chi connectivity index (χ4v) is 5.11. The van der Waals surface area contributed by atoms with E-state index in [1.807, 2.05) is 48.7 Å². The van der Waals surface area contributed by atoms with Crippen molar-refractivity contribution in [1.82, 2.24) is 0 Å². The van der Waals surface area contributed by atoms with Crippen LogP contribution in [0.5, 0.6) is 0 Å². The summed E-state index contributed by atoms with van der Waals surface area (Å²) in [6.07, 6.45) is 0.488. The third-order valence-corrected chi connectivity index (χ3v) is 6.93. The zero-order valence-electron chi connectivity index (χ0n) is 16.6. The van der Waals surface area contributed by atoms with Crippen molar-refractivity contribution in [2.24, 2.45) is 5.14 Å². The van der Waals surface area contributed by atoms with Gasteiger partial charge in [-0.15, -0.1) is 11.3 Å². The zero-order valence-corrected chi connectivity index (χ0v) is 18.3. The molecule has 1 unspecified atom stereocenters. The van der Waals surface area contributed by atoms with Crippen LogP contribution < -0.4 is 10.0 Å². The molecule has 0 radical (unpaired) electrons. The number of carbonyl (C=O) groups is 2. The van der Waals surface area contributed by atoms with Gasteiger partial charge in [0.15, 0.2) is 6.61 Å². The van der Waals surface area contributed by atoms with Crippen molar-refractivity contribution >= 4 is 38.9 Å². The molecule has 0 saturated heterocycles. The molecule has 2 heterocycles. The predicted molar refractivity (Wildman–Crippen MR) is 119 cm³/mol. The van der Waals surface area contributed by atoms with Gasteiger partial charge in [0.05, 0.1) is 4.90 Å². The summed E-state index contributed by atoms with van der Waals surface area (Å²) in [6.45, 7) is 1.44. The molecule has 3 aromatic rings. The average molecular weight is 457 g/mol. The van der Waals surface area contributed by atoms with E-state index in [-0.39, 0.29) is 16.8 Å². The highest BCUT2D eigenvalue weighted by molar-refractivity contribution is 7.89. The normalized spacial score (nSPS) is 15.5. The lowest BCUT2D eigenvalue weighted by atomic mass is 10.1. The minimum Gasteiger partial charge on any atom is -0.451 e. The molecule has 160 valence electrons. The number of hydrogen-bond donors (Lipinski definition) is 1. The number of esters is 1. The summed E-state index contributed by atoms with van der Waals surface area (Å²) in [5.41, 5.74) is 2.97. The minimum absolute atomic E-state index is 0.00492. The maximum Gasteiger partial charge on any atom is 0.349 e. The van der Waals surface area contributed by atoms with E-state index < -0.39 is 22.6 Å². The number of anilines is 1. The van der Waals surface area contributed by atoms with Crippen LogP contribution >= 0.6 is 11.3 Å². The van der Waals surface area contributed by atoms with E-state index in [1.165, 1.54) is 28.4 Å². The van der Waals surface area contributed by atoms with Crippen molar-refractivity contribution in [3.8, 4) is 11.1 Å². The van der Waals surface area contributed by atoms with Crippen LogP contribution in [0.1, 0.15) is 22.2 Å². The molecule has 0 aliphatic carbocycles. The summed E-state index contributed by atoms with van der Waals surface area (Å²) in [5, 5.41) is 7.00. The summed E-state index contributed by atoms with van der Waals surface area (Å²) in [4.78, 5) is 27.4. The number of benzene rings is 2. The second-order valence-corrected chi connectivity index (χ2v) is 9.74. The van der Waals surface area contributed by atoms with E-state index >= 15 is 0 Å². The molecule has 0 spiro atoms. The molecule has 1 aliphatic heterocycles. The Morgan fingerprint density at radius 1 is 1.16 bits per heavy atom. The summed E-state index contributed by atoms with van der Waals surface area (Å²) in [6, 6.07) is 15.6. The van der Waals surface area contributed by atoms with Crippen molar-refractivity contribution in [2.75, 3.05) is 11.5 Å². The van der Waals surface area contributed by atoms with E-state index in [0.717, 1.165) is 11.1 Å². The van der Waals surface area contributed by atoms with Gasteiger partial charge in [-0.1, -0.05) is 30.3 Å². The van der Waals surface area contributed by atoms with Crippen LogP contribution in [0.2, 0.25) is 0 Å². The number of carbonyl (C=O) groups excluding carboxylic acids is 2. The topological polar surface area (TPSA) is 107 Å². The summed E-state index contributed by atoms with van der Waals surface area (Å²) in [5.74, 6) is -0.931. The molecule has 0 saturated carbocycles. The van der Waals surface area contributed by atoms with Gasteiger partial charge in [-0.3, -0.25) is 4.79 Å². The van der Waals surface area contributed by atoms with Crippen LogP contribution in [-0.2, 0) is 26.0 Å². The van der Waals surface area contributed by atoms with Gasteiger partial charge in [0.25, 0.3) is 5.91 Å². The smallest absolute Gasteiger partial charge is 0.349 e. The Morgan fingerprint density at radius 3 is 2.61 bits per heavy atom. The predicted octanol–water partition coefficient (Wildman–Crippen LogP) is 3.20. The van der Waals surface area contributed by atoms with Gasteiger partial charge in [0, 0.05) is 17.3 Å². The number of hydrogen-bond acceptors (Lipinski definition) is 6. The first-order chi connectivity index (χ1) is 14.8. The van der Waals surface area contributed by atoms with Gasteiger partial charge in [0.1, 0.15) is 4.88 Å². The SMILES string of the molecule is CC1Cc2cc(S(N)(=O)=O)ccc2N1C(=O)COC(=O)c1sccc1-c1ccccc1. The largest absolute Gasteiger partial charge is 0.451 e. The molecule has 2 N–H and O–H groups in total. The highest BCUT2D eigenvalue weighted by Gasteiger charge is 2.32. The molecule has 7 nitrogen and oxygen atoms in total. The first kappa shape index (κ1) is 21.2. The molecular weight excluding hydrogens is 436 g/mol. The van der Waals surface area contributed by atoms with Crippen molar-refractivity contribution in [2.45, 2.75) is 24.3 Å². The first-order valence-electron chi connectivity index (χ1n) is 9.53. The molecule has 0 fully saturated rings. The third-order valence-electron chi connectivity index (χ3n) is 5.13. The lowest BCUT2D eigenvalue weighted by Crippen LogP contribution is -2.38. The number of rotatable bonds is 5. The van der Waals surface area contributed by atoms with Crippen LogP contribution in [0.25, 0.3) is 11.1 Å². The Hall–Kier alpha value is -3.01. The molecule has 9 heteroatoms. The Labute approximate surface area is 184 Å². The number of sulfonamides is 1. The van der Waals surface area contributed by atoms with Crippen LogP contribution in [0.15, 0.2) is 64.9 Å². The molecule has 4 rings (SSSR count). The second-order valence-electron chi connectivity index (χ2n) is 7.26. The Morgan fingerprint density at radius 2 is 1.90 bits per heavy atom. The summed E-state index contributed by atoms with van der Waals surface area (Å²) < 4.78 is 28.5. The molecule has 1 amide bonds. The summed E-state index contributed by atoms with van der Waals surface area (Å²) in [7, 11) is -3.82. The average Bonchev–Trinajstić information content (AvgIpc) is 3.35. The Bertz CT molecular complexity index is 1250. The lowest BCUT2D eigenvalue weighted by Gasteiger charge is -2.22. The molecule has 0 bridgehead atoms. The van der Waals surface area contributed by atoms with Crippen LogP contribution in [0.4, 0.5) is 5.69 Å². The molecule has 1 aliphatic rings. The molecule has 1 aromatic heterocycles. The van der Waals surface area contributed by atoms with Gasteiger partial charge in [-0.2, -0.15) is 0 Å². The Balaban J connectivity index is 1.48.